The Morgan fingerprint density at radius 2 is 1.88 bits per heavy atom. The van der Waals surface area contributed by atoms with E-state index in [0.717, 1.165) is 5.82 Å². The van der Waals surface area contributed by atoms with Gasteiger partial charge in [-0.15, -0.1) is 10.2 Å². The first-order chi connectivity index (χ1) is 7.88. The van der Waals surface area contributed by atoms with E-state index in [2.05, 4.69) is 15.5 Å². The lowest BCUT2D eigenvalue weighted by Crippen LogP contribution is -2.19. The number of nitrogens with one attached hydrogen (secondary N) is 1. The van der Waals surface area contributed by atoms with E-state index in [4.69, 9.17) is 5.26 Å². The van der Waals surface area contributed by atoms with Gasteiger partial charge in [0.05, 0.1) is 0 Å². The minimum atomic E-state index is 0.367. The summed E-state index contributed by atoms with van der Waals surface area (Å²) in [5.41, 5.74) is 0.367. The fraction of sp³-hybridized carbons (Fsp3) is 0.583. The molecular formula is C12H16N4. The van der Waals surface area contributed by atoms with E-state index in [1.165, 1.54) is 38.5 Å². The summed E-state index contributed by atoms with van der Waals surface area (Å²) in [5, 5.41) is 19.8. The zero-order valence-corrected chi connectivity index (χ0v) is 9.32. The summed E-state index contributed by atoms with van der Waals surface area (Å²) in [6.07, 6.45) is 7.70. The van der Waals surface area contributed by atoms with Crippen molar-refractivity contribution in [2.45, 2.75) is 44.6 Å². The third-order valence-electron chi connectivity index (χ3n) is 2.99. The third-order valence-corrected chi connectivity index (χ3v) is 2.99. The van der Waals surface area contributed by atoms with Crippen LogP contribution in [0.3, 0.4) is 0 Å². The highest BCUT2D eigenvalue weighted by molar-refractivity contribution is 5.36. The predicted molar refractivity (Wildman–Crippen MR) is 61.9 cm³/mol. The van der Waals surface area contributed by atoms with Crippen molar-refractivity contribution < 1.29 is 0 Å². The summed E-state index contributed by atoms with van der Waals surface area (Å²) < 4.78 is 0. The molecule has 1 saturated carbocycles. The summed E-state index contributed by atoms with van der Waals surface area (Å²) in [4.78, 5) is 0. The van der Waals surface area contributed by atoms with Crippen LogP contribution in [-0.2, 0) is 0 Å². The molecule has 1 heterocycles. The Balaban J connectivity index is 1.94. The maximum absolute atomic E-state index is 8.61. The molecule has 1 aromatic heterocycles. The van der Waals surface area contributed by atoms with E-state index in [1.807, 2.05) is 12.1 Å². The summed E-state index contributed by atoms with van der Waals surface area (Å²) in [6, 6.07) is 6.01. The Bertz CT molecular complexity index is 358. The number of nitriles is 1. The lowest BCUT2D eigenvalue weighted by atomic mass is 10.1. The number of aromatic nitrogens is 2. The van der Waals surface area contributed by atoms with Crippen molar-refractivity contribution in [3.05, 3.63) is 17.8 Å². The third kappa shape index (κ3) is 2.93. The Morgan fingerprint density at radius 1 is 1.12 bits per heavy atom. The molecule has 0 unspecified atom stereocenters. The van der Waals surface area contributed by atoms with Crippen molar-refractivity contribution in [3.63, 3.8) is 0 Å². The van der Waals surface area contributed by atoms with Crippen LogP contribution in [0.25, 0.3) is 0 Å². The van der Waals surface area contributed by atoms with Crippen LogP contribution in [-0.4, -0.2) is 16.2 Å². The van der Waals surface area contributed by atoms with Crippen LogP contribution in [0.1, 0.15) is 44.2 Å². The molecule has 4 heteroatoms. The summed E-state index contributed by atoms with van der Waals surface area (Å²) >= 11 is 0. The van der Waals surface area contributed by atoms with Gasteiger partial charge in [0.25, 0.3) is 0 Å². The molecule has 0 saturated heterocycles. The van der Waals surface area contributed by atoms with Gasteiger partial charge in [-0.2, -0.15) is 5.26 Å². The monoisotopic (exact) mass is 216 g/mol. The van der Waals surface area contributed by atoms with Gasteiger partial charge in [-0.25, -0.2) is 0 Å². The SMILES string of the molecule is N#Cc1ccc(NC2CCCCCC2)nn1. The van der Waals surface area contributed by atoms with Crippen molar-refractivity contribution in [2.24, 2.45) is 0 Å². The van der Waals surface area contributed by atoms with E-state index in [0.29, 0.717) is 11.7 Å². The van der Waals surface area contributed by atoms with Crippen molar-refractivity contribution in [2.75, 3.05) is 5.32 Å². The van der Waals surface area contributed by atoms with Gasteiger partial charge in [-0.3, -0.25) is 0 Å². The summed E-state index contributed by atoms with van der Waals surface area (Å²) in [6.45, 7) is 0. The topological polar surface area (TPSA) is 61.6 Å². The number of anilines is 1. The summed E-state index contributed by atoms with van der Waals surface area (Å²) in [7, 11) is 0. The van der Waals surface area contributed by atoms with Crippen molar-refractivity contribution in [1.82, 2.24) is 10.2 Å². The summed E-state index contributed by atoms with van der Waals surface area (Å²) in [5.74, 6) is 0.783. The Morgan fingerprint density at radius 3 is 2.44 bits per heavy atom. The molecular weight excluding hydrogens is 200 g/mol. The van der Waals surface area contributed by atoms with Gasteiger partial charge < -0.3 is 5.32 Å². The van der Waals surface area contributed by atoms with Crippen molar-refractivity contribution >= 4 is 5.82 Å². The second-order valence-electron chi connectivity index (χ2n) is 4.25. The van der Waals surface area contributed by atoms with Gasteiger partial charge in [-0.1, -0.05) is 25.7 Å². The molecule has 1 aliphatic carbocycles. The van der Waals surface area contributed by atoms with Crippen LogP contribution >= 0.6 is 0 Å². The van der Waals surface area contributed by atoms with Gasteiger partial charge in [0, 0.05) is 6.04 Å². The van der Waals surface area contributed by atoms with Crippen LogP contribution in [0.4, 0.5) is 5.82 Å². The minimum absolute atomic E-state index is 0.367. The maximum Gasteiger partial charge on any atom is 0.163 e. The van der Waals surface area contributed by atoms with Gasteiger partial charge in [0.1, 0.15) is 11.9 Å². The second kappa shape index (κ2) is 5.45. The van der Waals surface area contributed by atoms with E-state index < -0.39 is 0 Å². The minimum Gasteiger partial charge on any atom is -0.366 e. The first-order valence-electron chi connectivity index (χ1n) is 5.89. The molecule has 1 fully saturated rings. The molecule has 0 aliphatic heterocycles. The Kier molecular flexibility index (Phi) is 3.71. The molecule has 4 nitrogen and oxygen atoms in total. The number of hydrogen-bond donors (Lipinski definition) is 1. The first-order valence-corrected chi connectivity index (χ1v) is 5.89. The maximum atomic E-state index is 8.61. The molecule has 0 spiro atoms. The molecule has 84 valence electrons. The van der Waals surface area contributed by atoms with Crippen molar-refractivity contribution in [3.8, 4) is 6.07 Å². The lowest BCUT2D eigenvalue weighted by Gasteiger charge is -2.15. The highest BCUT2D eigenvalue weighted by atomic mass is 15.2. The molecule has 0 bridgehead atoms. The molecule has 0 atom stereocenters. The fourth-order valence-corrected chi connectivity index (χ4v) is 2.10. The first kappa shape index (κ1) is 10.9. The smallest absolute Gasteiger partial charge is 0.163 e. The zero-order chi connectivity index (χ0) is 11.2. The molecule has 2 rings (SSSR count). The highest BCUT2D eigenvalue weighted by Crippen LogP contribution is 2.19. The van der Waals surface area contributed by atoms with Crippen LogP contribution in [0.2, 0.25) is 0 Å². The van der Waals surface area contributed by atoms with Gasteiger partial charge in [0.15, 0.2) is 5.69 Å². The quantitative estimate of drug-likeness (QED) is 0.771. The molecule has 0 radical (unpaired) electrons. The second-order valence-corrected chi connectivity index (χ2v) is 4.25. The van der Waals surface area contributed by atoms with Gasteiger partial charge >= 0.3 is 0 Å². The van der Waals surface area contributed by atoms with Crippen LogP contribution in [0.5, 0.6) is 0 Å². The highest BCUT2D eigenvalue weighted by Gasteiger charge is 2.12. The van der Waals surface area contributed by atoms with Gasteiger partial charge in [0.2, 0.25) is 0 Å². The van der Waals surface area contributed by atoms with Gasteiger partial charge in [-0.05, 0) is 25.0 Å². The fourth-order valence-electron chi connectivity index (χ4n) is 2.10. The predicted octanol–water partition coefficient (Wildman–Crippen LogP) is 2.48. The standard InChI is InChI=1S/C12H16N4/c13-9-11-7-8-12(16-15-11)14-10-5-3-1-2-4-6-10/h7-8,10H,1-6H2,(H,14,16). The van der Waals surface area contributed by atoms with E-state index in [-0.39, 0.29) is 0 Å². The average Bonchev–Trinajstić information content (AvgIpc) is 2.59. The molecule has 0 aromatic carbocycles. The largest absolute Gasteiger partial charge is 0.366 e. The van der Waals surface area contributed by atoms with Crippen LogP contribution in [0.15, 0.2) is 12.1 Å². The molecule has 1 N–H and O–H groups in total. The molecule has 1 aliphatic rings. The molecule has 0 amide bonds. The molecule has 16 heavy (non-hydrogen) atoms. The number of hydrogen-bond acceptors (Lipinski definition) is 4. The average molecular weight is 216 g/mol. The van der Waals surface area contributed by atoms with Crippen LogP contribution < -0.4 is 5.32 Å². The lowest BCUT2D eigenvalue weighted by molar-refractivity contribution is 0.616. The zero-order valence-electron chi connectivity index (χ0n) is 9.32. The van der Waals surface area contributed by atoms with E-state index in [1.54, 1.807) is 6.07 Å². The van der Waals surface area contributed by atoms with E-state index in [9.17, 15) is 0 Å². The normalized spacial score (nSPS) is 17.4. The number of nitrogens with zero attached hydrogens (tertiary/aromatic N) is 3. The molecule has 1 aromatic rings. The number of rotatable bonds is 2. The van der Waals surface area contributed by atoms with Crippen molar-refractivity contribution in [1.29, 1.82) is 5.26 Å². The Labute approximate surface area is 95.7 Å². The van der Waals surface area contributed by atoms with Crippen LogP contribution in [0, 0.1) is 11.3 Å². The Hall–Kier alpha value is -1.63. The van der Waals surface area contributed by atoms with E-state index >= 15 is 0 Å².